The van der Waals surface area contributed by atoms with Crippen molar-refractivity contribution in [2.24, 2.45) is 4.99 Å². The van der Waals surface area contributed by atoms with Gasteiger partial charge >= 0.3 is 0 Å². The van der Waals surface area contributed by atoms with E-state index in [0.717, 1.165) is 53.8 Å². The van der Waals surface area contributed by atoms with Crippen molar-refractivity contribution in [2.45, 2.75) is 58.2 Å². The molecule has 0 aliphatic carbocycles. The third kappa shape index (κ3) is 5.51. The number of fused-ring (bicyclic) bond motifs is 1. The van der Waals surface area contributed by atoms with Gasteiger partial charge in [0, 0.05) is 35.0 Å². The van der Waals surface area contributed by atoms with E-state index in [1.165, 1.54) is 12.0 Å². The molecule has 5 rings (SSSR count). The van der Waals surface area contributed by atoms with Crippen LogP contribution in [-0.2, 0) is 13.0 Å². The first-order valence-corrected chi connectivity index (χ1v) is 12.7. The van der Waals surface area contributed by atoms with Gasteiger partial charge in [0.05, 0.1) is 24.9 Å². The highest BCUT2D eigenvalue weighted by molar-refractivity contribution is 6.16. The van der Waals surface area contributed by atoms with Gasteiger partial charge in [-0.2, -0.15) is 0 Å². The van der Waals surface area contributed by atoms with E-state index in [-0.39, 0.29) is 11.9 Å². The fraction of sp³-hybridized carbons (Fsp3) is 0.367. The minimum Gasteiger partial charge on any atom is -0.475 e. The molecular weight excluding hydrogens is 434 g/mol. The van der Waals surface area contributed by atoms with Crippen LogP contribution in [0.25, 0.3) is 0 Å². The maximum atomic E-state index is 13.3. The number of benzene rings is 2. The second kappa shape index (κ2) is 10.5. The molecule has 0 saturated carbocycles. The predicted molar refractivity (Wildman–Crippen MR) is 139 cm³/mol. The van der Waals surface area contributed by atoms with Crippen molar-refractivity contribution in [1.82, 2.24) is 9.88 Å². The summed E-state index contributed by atoms with van der Waals surface area (Å²) in [6.07, 6.45) is 6.30. The van der Waals surface area contributed by atoms with E-state index in [9.17, 15) is 4.79 Å². The molecule has 1 unspecified atom stereocenters. The van der Waals surface area contributed by atoms with Crippen molar-refractivity contribution < 1.29 is 9.53 Å². The average molecular weight is 468 g/mol. The van der Waals surface area contributed by atoms with Crippen LogP contribution >= 0.6 is 0 Å². The van der Waals surface area contributed by atoms with Gasteiger partial charge in [0.15, 0.2) is 5.78 Å². The van der Waals surface area contributed by atoms with Crippen LogP contribution in [0.3, 0.4) is 0 Å². The lowest BCUT2D eigenvalue weighted by atomic mass is 9.96. The molecule has 35 heavy (non-hydrogen) atoms. The van der Waals surface area contributed by atoms with Crippen molar-refractivity contribution in [3.8, 4) is 5.88 Å². The Morgan fingerprint density at radius 3 is 2.80 bits per heavy atom. The van der Waals surface area contributed by atoms with E-state index in [2.05, 4.69) is 46.3 Å². The molecule has 5 nitrogen and oxygen atoms in total. The van der Waals surface area contributed by atoms with Crippen LogP contribution in [-0.4, -0.2) is 46.6 Å². The zero-order valence-electron chi connectivity index (χ0n) is 20.6. The Morgan fingerprint density at radius 2 is 1.97 bits per heavy atom. The first-order chi connectivity index (χ1) is 17.1. The van der Waals surface area contributed by atoms with E-state index in [4.69, 9.17) is 9.73 Å². The number of likely N-dealkylation sites (tertiary alicyclic amines) is 1. The quantitative estimate of drug-likeness (QED) is 0.390. The van der Waals surface area contributed by atoms with E-state index in [1.807, 2.05) is 38.1 Å². The molecule has 2 aliphatic rings. The molecule has 1 atom stereocenters. The van der Waals surface area contributed by atoms with Crippen LogP contribution in [0.1, 0.15) is 65.7 Å². The summed E-state index contributed by atoms with van der Waals surface area (Å²) >= 11 is 0. The molecule has 180 valence electrons. The van der Waals surface area contributed by atoms with Crippen LogP contribution in [0, 0.1) is 0 Å². The largest absolute Gasteiger partial charge is 0.475 e. The van der Waals surface area contributed by atoms with E-state index < -0.39 is 0 Å². The normalized spacial score (nSPS) is 17.5. The summed E-state index contributed by atoms with van der Waals surface area (Å²) in [6, 6.07) is 21.1. The number of hydrogen-bond acceptors (Lipinski definition) is 5. The number of hydrogen-bond donors (Lipinski definition) is 0. The highest BCUT2D eigenvalue weighted by Gasteiger charge is 2.27. The number of pyridine rings is 1. The van der Waals surface area contributed by atoms with Crippen LogP contribution in [0.5, 0.6) is 5.88 Å². The van der Waals surface area contributed by atoms with Gasteiger partial charge in [0.2, 0.25) is 5.88 Å². The lowest BCUT2D eigenvalue weighted by Crippen LogP contribution is -2.34. The molecule has 2 aliphatic heterocycles. The number of nitrogens with zero attached hydrogens (tertiary/aromatic N) is 3. The number of ether oxygens (including phenoxy) is 1. The number of Topliss-reactive ketones (excluding diaryl/α,β-unsaturated/α-hetero) is 1. The summed E-state index contributed by atoms with van der Waals surface area (Å²) in [6.45, 7) is 6.09. The van der Waals surface area contributed by atoms with E-state index >= 15 is 0 Å². The third-order valence-electron chi connectivity index (χ3n) is 6.91. The highest BCUT2D eigenvalue weighted by Crippen LogP contribution is 2.27. The Morgan fingerprint density at radius 1 is 1.11 bits per heavy atom. The van der Waals surface area contributed by atoms with E-state index in [0.29, 0.717) is 25.0 Å². The van der Waals surface area contributed by atoms with Crippen LogP contribution in [0.2, 0.25) is 0 Å². The summed E-state index contributed by atoms with van der Waals surface area (Å²) in [7, 11) is 0. The smallest absolute Gasteiger partial charge is 0.214 e. The van der Waals surface area contributed by atoms with Crippen LogP contribution < -0.4 is 4.74 Å². The van der Waals surface area contributed by atoms with Crippen LogP contribution in [0.4, 0.5) is 0 Å². The number of aromatic nitrogens is 1. The minimum atomic E-state index is 0.0573. The molecule has 1 fully saturated rings. The molecule has 0 amide bonds. The first kappa shape index (κ1) is 23.4. The summed E-state index contributed by atoms with van der Waals surface area (Å²) < 4.78 is 5.77. The molecule has 5 heteroatoms. The summed E-state index contributed by atoms with van der Waals surface area (Å²) in [5, 5.41) is 0. The van der Waals surface area contributed by atoms with Gasteiger partial charge in [-0.15, -0.1) is 0 Å². The Bertz CT molecular complexity index is 1220. The molecule has 1 saturated heterocycles. The number of aryl methyl sites for hydroxylation is 1. The van der Waals surface area contributed by atoms with E-state index in [1.54, 1.807) is 6.20 Å². The first-order valence-electron chi connectivity index (χ1n) is 12.7. The summed E-state index contributed by atoms with van der Waals surface area (Å²) in [5.41, 5.74) is 6.21. The maximum absolute atomic E-state index is 13.3. The fourth-order valence-corrected chi connectivity index (χ4v) is 5.15. The molecule has 3 heterocycles. The van der Waals surface area contributed by atoms with Crippen LogP contribution in [0.15, 0.2) is 71.9 Å². The standard InChI is InChI=1S/C30H33N3O2/c1-21(2)35-29-18-24(14-15-31-29)30-27-17-23(11-12-25(27)19-32-30)28(34)20-33-16-6-9-26(33)13-10-22-7-4-3-5-8-22/h3-5,7-8,11-12,14-15,17-18,21,26H,6,9-10,13,16,19-20H2,1-2H3. The Labute approximate surface area is 207 Å². The summed E-state index contributed by atoms with van der Waals surface area (Å²) in [4.78, 5) is 24.8. The zero-order chi connectivity index (χ0) is 24.2. The SMILES string of the molecule is CC(C)Oc1cc(C2=NCc3ccc(C(=O)CN4CCCC4CCc4ccccc4)cc32)ccn1. The Balaban J connectivity index is 1.28. The number of ketones is 1. The number of aliphatic imine (C=N–C) groups is 1. The minimum absolute atomic E-state index is 0.0573. The second-order valence-electron chi connectivity index (χ2n) is 9.80. The van der Waals surface area contributed by atoms with Crippen molar-refractivity contribution >= 4 is 11.5 Å². The molecule has 1 aromatic heterocycles. The third-order valence-corrected chi connectivity index (χ3v) is 6.91. The summed E-state index contributed by atoms with van der Waals surface area (Å²) in [5.74, 6) is 0.778. The van der Waals surface area contributed by atoms with Gasteiger partial charge in [-0.3, -0.25) is 14.7 Å². The zero-order valence-corrected chi connectivity index (χ0v) is 20.6. The van der Waals surface area contributed by atoms with Gasteiger partial charge in [-0.25, -0.2) is 4.98 Å². The van der Waals surface area contributed by atoms with Gasteiger partial charge in [0.1, 0.15) is 0 Å². The fourth-order valence-electron chi connectivity index (χ4n) is 5.15. The van der Waals surface area contributed by atoms with Gasteiger partial charge < -0.3 is 4.74 Å². The lowest BCUT2D eigenvalue weighted by Gasteiger charge is -2.24. The molecule has 0 spiro atoms. The lowest BCUT2D eigenvalue weighted by molar-refractivity contribution is 0.0918. The number of rotatable bonds is 9. The topological polar surface area (TPSA) is 54.8 Å². The van der Waals surface area contributed by atoms with Crippen molar-refractivity contribution in [1.29, 1.82) is 0 Å². The molecule has 2 aromatic carbocycles. The number of carbonyl (C=O) groups excluding carboxylic acids is 1. The monoisotopic (exact) mass is 467 g/mol. The molecule has 3 aromatic rings. The van der Waals surface area contributed by atoms with Crippen molar-refractivity contribution in [3.05, 3.63) is 94.7 Å². The Kier molecular flexibility index (Phi) is 7.05. The van der Waals surface area contributed by atoms with Crippen molar-refractivity contribution in [3.63, 3.8) is 0 Å². The van der Waals surface area contributed by atoms with Gasteiger partial charge in [-0.05, 0) is 69.3 Å². The van der Waals surface area contributed by atoms with Gasteiger partial charge in [-0.1, -0.05) is 42.5 Å². The molecular formula is C30H33N3O2. The molecule has 0 bridgehead atoms. The van der Waals surface area contributed by atoms with Crippen molar-refractivity contribution in [2.75, 3.05) is 13.1 Å². The second-order valence-corrected chi connectivity index (χ2v) is 9.80. The maximum Gasteiger partial charge on any atom is 0.214 e. The Hall–Kier alpha value is -3.31. The predicted octanol–water partition coefficient (Wildman–Crippen LogP) is 5.50. The van der Waals surface area contributed by atoms with Gasteiger partial charge in [0.25, 0.3) is 0 Å². The average Bonchev–Trinajstić information content (AvgIpc) is 3.49. The molecule has 0 N–H and O–H groups in total. The highest BCUT2D eigenvalue weighted by atomic mass is 16.5. The molecule has 0 radical (unpaired) electrons. The number of carbonyl (C=O) groups is 1.